The molecule has 0 aliphatic carbocycles. The number of rotatable bonds is 6. The molecule has 0 spiro atoms. The minimum atomic E-state index is -1.70. The Morgan fingerprint density at radius 2 is 2.11 bits per heavy atom. The standard InChI is InChI=1S/C12H13ClO4S/c1-18-7-2-3-8(11(15)12(16)17)9(6-7)10(14)4-5-13/h2-3,6,11,15H,4-5H2,1H3,(H,16,17). The number of aliphatic carboxylic acids is 1. The molecule has 0 aliphatic rings. The lowest BCUT2D eigenvalue weighted by molar-refractivity contribution is -0.146. The van der Waals surface area contributed by atoms with Crippen molar-refractivity contribution in [2.45, 2.75) is 17.4 Å². The first kappa shape index (κ1) is 15.0. The van der Waals surface area contributed by atoms with Crippen molar-refractivity contribution < 1.29 is 19.8 Å². The summed E-state index contributed by atoms with van der Waals surface area (Å²) in [6, 6.07) is 4.72. The van der Waals surface area contributed by atoms with Crippen LogP contribution in [0.3, 0.4) is 0 Å². The number of halogens is 1. The fourth-order valence-electron chi connectivity index (χ4n) is 1.50. The average molecular weight is 289 g/mol. The van der Waals surface area contributed by atoms with Gasteiger partial charge in [0, 0.05) is 28.3 Å². The Morgan fingerprint density at radius 1 is 1.44 bits per heavy atom. The second kappa shape index (κ2) is 6.78. The largest absolute Gasteiger partial charge is 0.479 e. The SMILES string of the molecule is CSc1ccc(C(O)C(=O)O)c(C(=O)CCCl)c1. The number of thioether (sulfide) groups is 1. The Balaban J connectivity index is 3.24. The smallest absolute Gasteiger partial charge is 0.337 e. The van der Waals surface area contributed by atoms with E-state index in [2.05, 4.69) is 0 Å². The number of aliphatic hydroxyl groups excluding tert-OH is 1. The third-order valence-corrected chi connectivity index (χ3v) is 3.33. The first-order valence-electron chi connectivity index (χ1n) is 5.19. The minimum Gasteiger partial charge on any atom is -0.479 e. The number of ketones is 1. The van der Waals surface area contributed by atoms with Crippen molar-refractivity contribution in [3.8, 4) is 0 Å². The molecule has 0 bridgehead atoms. The van der Waals surface area contributed by atoms with Crippen molar-refractivity contribution in [3.63, 3.8) is 0 Å². The molecule has 1 atom stereocenters. The van der Waals surface area contributed by atoms with Crippen LogP contribution in [-0.4, -0.2) is 34.1 Å². The van der Waals surface area contributed by atoms with E-state index in [1.54, 1.807) is 12.1 Å². The molecule has 1 rings (SSSR count). The molecule has 0 aromatic heterocycles. The number of carbonyl (C=O) groups excluding carboxylic acids is 1. The summed E-state index contributed by atoms with van der Waals surface area (Å²) in [6.07, 6.45) is 0.257. The van der Waals surface area contributed by atoms with E-state index >= 15 is 0 Å². The number of carbonyl (C=O) groups is 2. The second-order valence-corrected chi connectivity index (χ2v) is 4.81. The van der Waals surface area contributed by atoms with Crippen LogP contribution in [0.25, 0.3) is 0 Å². The normalized spacial score (nSPS) is 12.2. The molecule has 0 heterocycles. The third kappa shape index (κ3) is 3.48. The van der Waals surface area contributed by atoms with Crippen molar-refractivity contribution in [3.05, 3.63) is 29.3 Å². The van der Waals surface area contributed by atoms with Crippen LogP contribution in [-0.2, 0) is 4.79 Å². The highest BCUT2D eigenvalue weighted by Crippen LogP contribution is 2.25. The van der Waals surface area contributed by atoms with E-state index in [0.717, 1.165) is 4.90 Å². The number of carboxylic acid groups (broad SMARTS) is 1. The molecule has 0 fully saturated rings. The summed E-state index contributed by atoms with van der Waals surface area (Å²) in [6.45, 7) is 0. The van der Waals surface area contributed by atoms with E-state index in [1.807, 2.05) is 6.26 Å². The van der Waals surface area contributed by atoms with E-state index in [9.17, 15) is 14.7 Å². The number of benzene rings is 1. The molecule has 1 aromatic rings. The Morgan fingerprint density at radius 3 is 2.61 bits per heavy atom. The van der Waals surface area contributed by atoms with Gasteiger partial charge >= 0.3 is 5.97 Å². The summed E-state index contributed by atoms with van der Waals surface area (Å²) >= 11 is 6.94. The van der Waals surface area contributed by atoms with Gasteiger partial charge < -0.3 is 10.2 Å². The zero-order chi connectivity index (χ0) is 13.7. The van der Waals surface area contributed by atoms with Crippen LogP contribution in [0.15, 0.2) is 23.1 Å². The van der Waals surface area contributed by atoms with Gasteiger partial charge in [-0.15, -0.1) is 23.4 Å². The predicted octanol–water partition coefficient (Wildman–Crippen LogP) is 2.34. The van der Waals surface area contributed by atoms with Gasteiger partial charge in [0.1, 0.15) is 0 Å². The molecule has 0 radical (unpaired) electrons. The van der Waals surface area contributed by atoms with Crippen LogP contribution in [0.1, 0.15) is 28.4 Å². The van der Waals surface area contributed by atoms with E-state index < -0.39 is 12.1 Å². The second-order valence-electron chi connectivity index (χ2n) is 3.56. The van der Waals surface area contributed by atoms with Crippen molar-refractivity contribution >= 4 is 35.1 Å². The van der Waals surface area contributed by atoms with Gasteiger partial charge in [-0.05, 0) is 18.4 Å². The maximum absolute atomic E-state index is 11.9. The number of carboxylic acids is 1. The number of aliphatic hydroxyl groups is 1. The molecule has 1 unspecified atom stereocenters. The highest BCUT2D eigenvalue weighted by Gasteiger charge is 2.22. The summed E-state index contributed by atoms with van der Waals surface area (Å²) in [4.78, 5) is 23.5. The first-order valence-corrected chi connectivity index (χ1v) is 6.95. The summed E-state index contributed by atoms with van der Waals surface area (Å²) in [5.74, 6) is -1.49. The molecule has 2 N–H and O–H groups in total. The fourth-order valence-corrected chi connectivity index (χ4v) is 2.11. The summed E-state index contributed by atoms with van der Waals surface area (Å²) in [5.41, 5.74) is 0.327. The molecule has 0 amide bonds. The monoisotopic (exact) mass is 288 g/mol. The van der Waals surface area contributed by atoms with E-state index in [1.165, 1.54) is 17.8 Å². The highest BCUT2D eigenvalue weighted by atomic mass is 35.5. The van der Waals surface area contributed by atoms with Crippen LogP contribution in [0, 0.1) is 0 Å². The highest BCUT2D eigenvalue weighted by molar-refractivity contribution is 7.98. The maximum Gasteiger partial charge on any atom is 0.337 e. The Hall–Kier alpha value is -1.04. The van der Waals surface area contributed by atoms with Gasteiger partial charge in [-0.1, -0.05) is 6.07 Å². The van der Waals surface area contributed by atoms with Crippen LogP contribution in [0.2, 0.25) is 0 Å². The van der Waals surface area contributed by atoms with E-state index in [0.29, 0.717) is 0 Å². The quantitative estimate of drug-likeness (QED) is 0.477. The molecular formula is C12H13ClO4S. The third-order valence-electron chi connectivity index (χ3n) is 2.41. The summed E-state index contributed by atoms with van der Waals surface area (Å²) < 4.78 is 0. The average Bonchev–Trinajstić information content (AvgIpc) is 2.37. The molecule has 0 aliphatic heterocycles. The van der Waals surface area contributed by atoms with Crippen molar-refractivity contribution in [2.75, 3.05) is 12.1 Å². The Kier molecular flexibility index (Phi) is 5.65. The first-order chi connectivity index (χ1) is 8.51. The van der Waals surface area contributed by atoms with Crippen molar-refractivity contribution in [1.82, 2.24) is 0 Å². The lowest BCUT2D eigenvalue weighted by atomic mass is 9.98. The van der Waals surface area contributed by atoms with Crippen LogP contribution >= 0.6 is 23.4 Å². The maximum atomic E-state index is 11.9. The molecule has 6 heteroatoms. The van der Waals surface area contributed by atoms with Crippen molar-refractivity contribution in [1.29, 1.82) is 0 Å². The topological polar surface area (TPSA) is 74.6 Å². The van der Waals surface area contributed by atoms with Gasteiger partial charge in [0.05, 0.1) is 0 Å². The van der Waals surface area contributed by atoms with Gasteiger partial charge in [-0.3, -0.25) is 4.79 Å². The molecule has 98 valence electrons. The molecule has 4 nitrogen and oxygen atoms in total. The molecule has 0 saturated heterocycles. The van der Waals surface area contributed by atoms with E-state index in [4.69, 9.17) is 16.7 Å². The molecular weight excluding hydrogens is 276 g/mol. The van der Waals surface area contributed by atoms with Gasteiger partial charge in [-0.2, -0.15) is 0 Å². The number of Topliss-reactive ketones (excluding diaryl/α,β-unsaturated/α-hetero) is 1. The lowest BCUT2D eigenvalue weighted by Gasteiger charge is -2.12. The molecule has 1 aromatic carbocycles. The fraction of sp³-hybridized carbons (Fsp3) is 0.333. The molecule has 0 saturated carbocycles. The van der Waals surface area contributed by atoms with Gasteiger partial charge in [0.2, 0.25) is 0 Å². The Bertz CT molecular complexity index is 461. The lowest BCUT2D eigenvalue weighted by Crippen LogP contribution is -2.15. The predicted molar refractivity (Wildman–Crippen MR) is 70.5 cm³/mol. The van der Waals surface area contributed by atoms with Crippen LogP contribution in [0.5, 0.6) is 0 Å². The van der Waals surface area contributed by atoms with Gasteiger partial charge in [0.15, 0.2) is 11.9 Å². The van der Waals surface area contributed by atoms with Gasteiger partial charge in [-0.25, -0.2) is 4.79 Å². The minimum absolute atomic E-state index is 0.107. The van der Waals surface area contributed by atoms with E-state index in [-0.39, 0.29) is 29.2 Å². The van der Waals surface area contributed by atoms with Gasteiger partial charge in [0.25, 0.3) is 0 Å². The number of hydrogen-bond acceptors (Lipinski definition) is 4. The molecule has 18 heavy (non-hydrogen) atoms. The zero-order valence-electron chi connectivity index (χ0n) is 9.72. The number of hydrogen-bond donors (Lipinski definition) is 2. The van der Waals surface area contributed by atoms with Crippen LogP contribution in [0.4, 0.5) is 0 Å². The summed E-state index contributed by atoms with van der Waals surface area (Å²) in [7, 11) is 0. The number of alkyl halides is 1. The zero-order valence-corrected chi connectivity index (χ0v) is 11.3. The van der Waals surface area contributed by atoms with Crippen LogP contribution < -0.4 is 0 Å². The summed E-state index contributed by atoms with van der Waals surface area (Å²) in [5, 5.41) is 18.4. The Labute approximate surface area is 114 Å². The van der Waals surface area contributed by atoms with Crippen molar-refractivity contribution in [2.24, 2.45) is 0 Å².